The van der Waals surface area contributed by atoms with Crippen LogP contribution >= 0.6 is 0 Å². The molecule has 2 aromatic rings. The highest BCUT2D eigenvalue weighted by Crippen LogP contribution is 2.37. The summed E-state index contributed by atoms with van der Waals surface area (Å²) in [5, 5.41) is 0. The maximum absolute atomic E-state index is 15.8. The second kappa shape index (κ2) is 12.2. The molecular formula is C30H35F2N3O6. The van der Waals surface area contributed by atoms with Crippen LogP contribution in [0.4, 0.5) is 13.6 Å². The second-order valence-electron chi connectivity index (χ2n) is 11.4. The summed E-state index contributed by atoms with van der Waals surface area (Å²) in [6.45, 7) is 4.87. The molecule has 0 radical (unpaired) electrons. The van der Waals surface area contributed by atoms with Gasteiger partial charge in [0.1, 0.15) is 30.2 Å². The molecule has 2 aliphatic heterocycles. The van der Waals surface area contributed by atoms with E-state index in [0.717, 1.165) is 10.5 Å². The van der Waals surface area contributed by atoms with Gasteiger partial charge in [0.2, 0.25) is 5.91 Å². The molecule has 0 saturated carbocycles. The van der Waals surface area contributed by atoms with Gasteiger partial charge in [-0.15, -0.1) is 0 Å². The molecule has 9 nitrogen and oxygen atoms in total. The smallest absolute Gasteiger partial charge is 0.410 e. The molecule has 3 unspecified atom stereocenters. The molecule has 2 aromatic carbocycles. The van der Waals surface area contributed by atoms with Gasteiger partial charge in [-0.2, -0.15) is 0 Å². The van der Waals surface area contributed by atoms with E-state index in [1.54, 1.807) is 20.8 Å². The number of benzene rings is 2. The van der Waals surface area contributed by atoms with E-state index in [1.165, 1.54) is 17.0 Å². The van der Waals surface area contributed by atoms with Crippen LogP contribution in [0.2, 0.25) is 0 Å². The highest BCUT2D eigenvalue weighted by atomic mass is 19.1. The molecule has 3 atom stereocenters. The number of ether oxygens (including phenoxy) is 2. The van der Waals surface area contributed by atoms with Crippen LogP contribution in [0.1, 0.15) is 73.0 Å². The van der Waals surface area contributed by atoms with Crippen molar-refractivity contribution in [1.29, 1.82) is 0 Å². The molecule has 0 aliphatic carbocycles. The molecule has 0 bridgehead atoms. The predicted molar refractivity (Wildman–Crippen MR) is 145 cm³/mol. The number of carbonyl (C=O) groups excluding carboxylic acids is 4. The summed E-state index contributed by atoms with van der Waals surface area (Å²) in [5.74, 6) is -3.52. The van der Waals surface area contributed by atoms with Crippen LogP contribution in [0.5, 0.6) is 0 Å². The number of nitrogens with zero attached hydrogens (tertiary/aromatic N) is 2. The Hall–Kier alpha value is -4.02. The van der Waals surface area contributed by atoms with Crippen LogP contribution in [0.25, 0.3) is 0 Å². The van der Waals surface area contributed by atoms with Gasteiger partial charge in [0.15, 0.2) is 0 Å². The van der Waals surface area contributed by atoms with Crippen LogP contribution < -0.4 is 5.73 Å². The normalized spacial score (nSPS) is 19.5. The fraction of sp³-hybridized carbons (Fsp3) is 0.467. The highest BCUT2D eigenvalue weighted by Gasteiger charge is 2.40. The summed E-state index contributed by atoms with van der Waals surface area (Å²) in [5.41, 5.74) is 5.86. The lowest BCUT2D eigenvalue weighted by Gasteiger charge is -2.34. The van der Waals surface area contributed by atoms with Crippen molar-refractivity contribution in [3.05, 3.63) is 70.5 Å². The molecule has 2 N–H and O–H groups in total. The standard InChI is InChI=1S/C30H35F2N3O6/c1-30(2,3)41-25(36)12-11-24(27(33)37)35-15-22-21(28(35)38)10-9-20(26(22)32)19-13-14-34(16-23(19)31)29(39)40-17-18-7-5-4-6-8-18/h4-10,19,23-24H,11-17H2,1-3H3,(H2,33,37). The fourth-order valence-corrected chi connectivity index (χ4v) is 5.26. The Morgan fingerprint density at radius 3 is 2.46 bits per heavy atom. The Balaban J connectivity index is 1.41. The number of rotatable bonds is 8. The van der Waals surface area contributed by atoms with Crippen LogP contribution in [-0.2, 0) is 32.2 Å². The summed E-state index contributed by atoms with van der Waals surface area (Å²) in [6.07, 6.45) is -2.27. The topological polar surface area (TPSA) is 119 Å². The first-order valence-corrected chi connectivity index (χ1v) is 13.6. The quantitative estimate of drug-likeness (QED) is 0.474. The van der Waals surface area contributed by atoms with Gasteiger partial charge in [-0.3, -0.25) is 14.4 Å². The van der Waals surface area contributed by atoms with Gasteiger partial charge in [-0.25, -0.2) is 13.6 Å². The predicted octanol–water partition coefficient (Wildman–Crippen LogP) is 4.22. The second-order valence-corrected chi connectivity index (χ2v) is 11.4. The Morgan fingerprint density at radius 2 is 1.83 bits per heavy atom. The Kier molecular flexibility index (Phi) is 8.94. The van der Waals surface area contributed by atoms with Crippen molar-refractivity contribution in [3.8, 4) is 0 Å². The molecule has 2 aliphatic rings. The summed E-state index contributed by atoms with van der Waals surface area (Å²) in [6, 6.07) is 10.8. The van der Waals surface area contributed by atoms with Gasteiger partial charge in [0, 0.05) is 30.0 Å². The van der Waals surface area contributed by atoms with Crippen molar-refractivity contribution in [2.45, 2.75) is 76.9 Å². The average molecular weight is 572 g/mol. The van der Waals surface area contributed by atoms with E-state index < -0.39 is 53.4 Å². The highest BCUT2D eigenvalue weighted by molar-refractivity contribution is 6.01. The van der Waals surface area contributed by atoms with Crippen molar-refractivity contribution in [2.75, 3.05) is 13.1 Å². The molecule has 0 aromatic heterocycles. The third-order valence-corrected chi connectivity index (χ3v) is 7.24. The van der Waals surface area contributed by atoms with E-state index in [1.807, 2.05) is 30.3 Å². The summed E-state index contributed by atoms with van der Waals surface area (Å²) in [7, 11) is 0. The first-order valence-electron chi connectivity index (χ1n) is 13.6. The molecule has 0 spiro atoms. The first kappa shape index (κ1) is 30.0. The molecular weight excluding hydrogens is 536 g/mol. The van der Waals surface area contributed by atoms with Gasteiger partial charge in [0.05, 0.1) is 13.1 Å². The van der Waals surface area contributed by atoms with Crippen molar-refractivity contribution >= 4 is 23.9 Å². The molecule has 220 valence electrons. The molecule has 4 rings (SSSR count). The van der Waals surface area contributed by atoms with Gasteiger partial charge in [-0.05, 0) is 50.8 Å². The molecule has 41 heavy (non-hydrogen) atoms. The summed E-state index contributed by atoms with van der Waals surface area (Å²) in [4.78, 5) is 52.4. The van der Waals surface area contributed by atoms with E-state index in [9.17, 15) is 19.2 Å². The number of likely N-dealkylation sites (tertiary alicyclic amines) is 1. The molecule has 2 heterocycles. The Bertz CT molecular complexity index is 1310. The zero-order chi connectivity index (χ0) is 29.9. The fourth-order valence-electron chi connectivity index (χ4n) is 5.26. The minimum Gasteiger partial charge on any atom is -0.460 e. The number of hydrogen-bond acceptors (Lipinski definition) is 6. The monoisotopic (exact) mass is 571 g/mol. The number of piperidine rings is 1. The molecule has 11 heteroatoms. The van der Waals surface area contributed by atoms with E-state index in [2.05, 4.69) is 0 Å². The lowest BCUT2D eigenvalue weighted by atomic mass is 9.86. The van der Waals surface area contributed by atoms with E-state index in [4.69, 9.17) is 15.2 Å². The van der Waals surface area contributed by atoms with E-state index in [0.29, 0.717) is 0 Å². The van der Waals surface area contributed by atoms with Gasteiger partial charge in [0.25, 0.3) is 5.91 Å². The van der Waals surface area contributed by atoms with Crippen molar-refractivity contribution in [3.63, 3.8) is 0 Å². The van der Waals surface area contributed by atoms with Crippen molar-refractivity contribution < 1.29 is 37.4 Å². The number of amides is 3. The number of halogens is 2. The van der Waals surface area contributed by atoms with E-state index in [-0.39, 0.29) is 62.2 Å². The van der Waals surface area contributed by atoms with Crippen LogP contribution in [0, 0.1) is 5.82 Å². The molecule has 3 amide bonds. The van der Waals surface area contributed by atoms with E-state index >= 15 is 8.78 Å². The SMILES string of the molecule is CC(C)(C)OC(=O)CCC(C(N)=O)N1Cc2c(ccc(C3CCN(C(=O)OCc4ccccc4)CC3F)c2F)C1=O. The maximum Gasteiger partial charge on any atom is 0.410 e. The van der Waals surface area contributed by atoms with Gasteiger partial charge >= 0.3 is 12.1 Å². The zero-order valence-electron chi connectivity index (χ0n) is 23.4. The number of primary amides is 1. The summed E-state index contributed by atoms with van der Waals surface area (Å²) < 4.78 is 41.7. The number of fused-ring (bicyclic) bond motifs is 1. The van der Waals surface area contributed by atoms with Crippen LogP contribution in [-0.4, -0.2) is 64.6 Å². The zero-order valence-corrected chi connectivity index (χ0v) is 23.4. The lowest BCUT2D eigenvalue weighted by molar-refractivity contribution is -0.155. The minimum absolute atomic E-state index is 0.0490. The Labute approximate surface area is 237 Å². The molecule has 1 fully saturated rings. The lowest BCUT2D eigenvalue weighted by Crippen LogP contribution is -2.45. The van der Waals surface area contributed by atoms with Gasteiger partial charge < -0.3 is 25.0 Å². The third-order valence-electron chi connectivity index (χ3n) is 7.24. The largest absolute Gasteiger partial charge is 0.460 e. The number of carbonyl (C=O) groups is 4. The molecule has 1 saturated heterocycles. The summed E-state index contributed by atoms with van der Waals surface area (Å²) >= 11 is 0. The number of hydrogen-bond donors (Lipinski definition) is 1. The average Bonchev–Trinajstić information content (AvgIpc) is 3.24. The van der Waals surface area contributed by atoms with Gasteiger partial charge in [-0.1, -0.05) is 36.4 Å². The number of alkyl halides is 1. The third kappa shape index (κ3) is 7.01. The van der Waals surface area contributed by atoms with Crippen molar-refractivity contribution in [2.24, 2.45) is 5.73 Å². The van der Waals surface area contributed by atoms with Crippen LogP contribution in [0.15, 0.2) is 42.5 Å². The maximum atomic E-state index is 15.8. The first-order chi connectivity index (χ1) is 19.4. The number of nitrogens with two attached hydrogens (primary N) is 1. The van der Waals surface area contributed by atoms with Crippen LogP contribution in [0.3, 0.4) is 0 Å². The minimum atomic E-state index is -1.55. The van der Waals surface area contributed by atoms with Crippen molar-refractivity contribution in [1.82, 2.24) is 9.80 Å². The number of esters is 1. The Morgan fingerprint density at radius 1 is 1.12 bits per heavy atom.